The average Bonchev–Trinajstić information content (AvgIpc) is 2.38. The first-order valence-electron chi connectivity index (χ1n) is 5.33. The molecule has 106 valence electrons. The fourth-order valence-electron chi connectivity index (χ4n) is 1.29. The fraction of sp³-hybridized carbons (Fsp3) is 0.364. The zero-order valence-corrected chi connectivity index (χ0v) is 11.0. The molecular weight excluding hydrogens is 274 g/mol. The van der Waals surface area contributed by atoms with Crippen molar-refractivity contribution in [1.82, 2.24) is 4.72 Å². The van der Waals surface area contributed by atoms with Gasteiger partial charge in [-0.05, 0) is 25.1 Å². The van der Waals surface area contributed by atoms with Gasteiger partial charge >= 0.3 is 5.97 Å². The van der Waals surface area contributed by atoms with Gasteiger partial charge in [-0.2, -0.15) is 0 Å². The molecule has 1 aromatic carbocycles. The molecule has 0 saturated carbocycles. The smallest absolute Gasteiger partial charge is 0.335 e. The van der Waals surface area contributed by atoms with Gasteiger partial charge in [0.25, 0.3) is 0 Å². The number of aromatic carboxylic acids is 1. The predicted octanol–water partition coefficient (Wildman–Crippen LogP) is -0.594. The van der Waals surface area contributed by atoms with Gasteiger partial charge in [0, 0.05) is 0 Å². The summed E-state index contributed by atoms with van der Waals surface area (Å²) in [5.74, 6) is -1.25. The molecule has 0 unspecified atom stereocenters. The molecule has 0 spiro atoms. The van der Waals surface area contributed by atoms with Crippen molar-refractivity contribution in [2.75, 3.05) is 13.2 Å². The van der Waals surface area contributed by atoms with E-state index < -0.39 is 34.7 Å². The van der Waals surface area contributed by atoms with Crippen molar-refractivity contribution in [2.45, 2.75) is 17.4 Å². The van der Waals surface area contributed by atoms with Gasteiger partial charge in [0.05, 0.1) is 29.2 Å². The zero-order chi connectivity index (χ0) is 14.7. The monoisotopic (exact) mass is 289 g/mol. The Kier molecular flexibility index (Phi) is 4.64. The highest BCUT2D eigenvalue weighted by Crippen LogP contribution is 2.14. The van der Waals surface area contributed by atoms with Crippen molar-refractivity contribution in [3.05, 3.63) is 29.8 Å². The third-order valence-corrected chi connectivity index (χ3v) is 4.11. The van der Waals surface area contributed by atoms with Crippen LogP contribution in [0.3, 0.4) is 0 Å². The molecule has 8 heteroatoms. The van der Waals surface area contributed by atoms with Crippen molar-refractivity contribution in [3.63, 3.8) is 0 Å². The van der Waals surface area contributed by atoms with Gasteiger partial charge in [0.1, 0.15) is 0 Å². The first kappa shape index (κ1) is 15.6. The van der Waals surface area contributed by atoms with Gasteiger partial charge in [0.15, 0.2) is 0 Å². The van der Waals surface area contributed by atoms with E-state index in [1.54, 1.807) is 0 Å². The average molecular weight is 289 g/mol. The van der Waals surface area contributed by atoms with Gasteiger partial charge in [-0.3, -0.25) is 0 Å². The number of carboxylic acid groups (broad SMARTS) is 1. The number of hydrogen-bond acceptors (Lipinski definition) is 5. The maximum atomic E-state index is 12.0. The number of carboxylic acids is 1. The molecular formula is C11H15NO6S. The summed E-state index contributed by atoms with van der Waals surface area (Å²) < 4.78 is 26.2. The molecule has 0 aromatic heterocycles. The summed E-state index contributed by atoms with van der Waals surface area (Å²) >= 11 is 0. The molecule has 0 aliphatic rings. The molecule has 0 radical (unpaired) electrons. The van der Waals surface area contributed by atoms with Crippen molar-refractivity contribution in [2.24, 2.45) is 0 Å². The number of benzene rings is 1. The third kappa shape index (κ3) is 3.74. The SMILES string of the molecule is CC(CO)(CO)NS(=O)(=O)c1cccc(C(=O)O)c1. The number of aliphatic hydroxyl groups excluding tert-OH is 2. The second-order valence-electron chi connectivity index (χ2n) is 4.32. The standard InChI is InChI=1S/C11H15NO6S/c1-11(6-13,7-14)12-19(17,18)9-4-2-3-8(5-9)10(15)16/h2-5,12-14H,6-7H2,1H3,(H,15,16). The highest BCUT2D eigenvalue weighted by Gasteiger charge is 2.29. The molecule has 1 rings (SSSR count). The van der Waals surface area contributed by atoms with E-state index in [4.69, 9.17) is 15.3 Å². The van der Waals surface area contributed by atoms with Crippen molar-refractivity contribution in [3.8, 4) is 0 Å². The molecule has 0 aliphatic carbocycles. The topological polar surface area (TPSA) is 124 Å². The lowest BCUT2D eigenvalue weighted by atomic mass is 10.1. The van der Waals surface area contributed by atoms with Crippen molar-refractivity contribution >= 4 is 16.0 Å². The Hall–Kier alpha value is -1.48. The molecule has 19 heavy (non-hydrogen) atoms. The van der Waals surface area contributed by atoms with Crippen LogP contribution in [0.25, 0.3) is 0 Å². The third-order valence-electron chi connectivity index (χ3n) is 2.47. The van der Waals surface area contributed by atoms with Crippen LogP contribution in [0.2, 0.25) is 0 Å². The van der Waals surface area contributed by atoms with Crippen LogP contribution in [0.4, 0.5) is 0 Å². The number of sulfonamides is 1. The Balaban J connectivity index is 3.14. The molecule has 0 bridgehead atoms. The number of aliphatic hydroxyl groups is 2. The Morgan fingerprint density at radius 1 is 1.32 bits per heavy atom. The van der Waals surface area contributed by atoms with Crippen LogP contribution in [0.5, 0.6) is 0 Å². The summed E-state index contributed by atoms with van der Waals surface area (Å²) in [4.78, 5) is 10.5. The van der Waals surface area contributed by atoms with Crippen LogP contribution in [0, 0.1) is 0 Å². The summed E-state index contributed by atoms with van der Waals surface area (Å²) in [6.45, 7) is 0.133. The molecule has 0 amide bonds. The van der Waals surface area contributed by atoms with Crippen LogP contribution >= 0.6 is 0 Å². The second kappa shape index (κ2) is 5.66. The van der Waals surface area contributed by atoms with E-state index in [9.17, 15) is 13.2 Å². The minimum Gasteiger partial charge on any atom is -0.478 e. The minimum atomic E-state index is -4.03. The predicted molar refractivity (Wildman–Crippen MR) is 66.3 cm³/mol. The summed E-state index contributed by atoms with van der Waals surface area (Å²) in [7, 11) is -4.03. The minimum absolute atomic E-state index is 0.169. The maximum Gasteiger partial charge on any atom is 0.335 e. The van der Waals surface area contributed by atoms with Crippen molar-refractivity contribution < 1.29 is 28.5 Å². The molecule has 0 fully saturated rings. The van der Waals surface area contributed by atoms with Gasteiger partial charge in [0.2, 0.25) is 10.0 Å². The zero-order valence-electron chi connectivity index (χ0n) is 10.2. The van der Waals surface area contributed by atoms with Crippen LogP contribution < -0.4 is 4.72 Å². The van der Waals surface area contributed by atoms with E-state index >= 15 is 0 Å². The van der Waals surface area contributed by atoms with E-state index in [-0.39, 0.29) is 10.5 Å². The Bertz CT molecular complexity index is 564. The van der Waals surface area contributed by atoms with Gasteiger partial charge < -0.3 is 15.3 Å². The van der Waals surface area contributed by atoms with E-state index in [0.29, 0.717) is 0 Å². The maximum absolute atomic E-state index is 12.0. The summed E-state index contributed by atoms with van der Waals surface area (Å²) in [6, 6.07) is 4.79. The molecule has 0 atom stereocenters. The summed E-state index contributed by atoms with van der Waals surface area (Å²) in [5.41, 5.74) is -1.59. The first-order valence-corrected chi connectivity index (χ1v) is 6.81. The normalized spacial score (nSPS) is 12.4. The second-order valence-corrected chi connectivity index (χ2v) is 6.00. The molecule has 1 aromatic rings. The van der Waals surface area contributed by atoms with E-state index in [1.807, 2.05) is 0 Å². The largest absolute Gasteiger partial charge is 0.478 e. The van der Waals surface area contributed by atoms with Crippen LogP contribution in [0.1, 0.15) is 17.3 Å². The number of hydrogen-bond donors (Lipinski definition) is 4. The lowest BCUT2D eigenvalue weighted by Crippen LogP contribution is -2.51. The lowest BCUT2D eigenvalue weighted by molar-refractivity contribution is 0.0696. The number of carbonyl (C=O) groups is 1. The van der Waals surface area contributed by atoms with E-state index in [2.05, 4.69) is 4.72 Å². The Morgan fingerprint density at radius 2 is 1.89 bits per heavy atom. The Morgan fingerprint density at radius 3 is 2.37 bits per heavy atom. The van der Waals surface area contributed by atoms with Gasteiger partial charge in [-0.15, -0.1) is 0 Å². The van der Waals surface area contributed by atoms with Crippen LogP contribution in [-0.2, 0) is 10.0 Å². The molecule has 0 saturated heterocycles. The first-order chi connectivity index (χ1) is 8.74. The van der Waals surface area contributed by atoms with Gasteiger partial charge in [-0.25, -0.2) is 17.9 Å². The summed E-state index contributed by atoms with van der Waals surface area (Å²) in [6.07, 6.45) is 0. The van der Waals surface area contributed by atoms with Gasteiger partial charge in [-0.1, -0.05) is 6.07 Å². The molecule has 7 nitrogen and oxygen atoms in total. The molecule has 0 heterocycles. The van der Waals surface area contributed by atoms with Crippen molar-refractivity contribution in [1.29, 1.82) is 0 Å². The van der Waals surface area contributed by atoms with Crippen LogP contribution in [0.15, 0.2) is 29.2 Å². The van der Waals surface area contributed by atoms with E-state index in [0.717, 1.165) is 6.07 Å². The quantitative estimate of drug-likeness (QED) is 0.555. The highest BCUT2D eigenvalue weighted by atomic mass is 32.2. The number of nitrogens with one attached hydrogen (secondary N) is 1. The lowest BCUT2D eigenvalue weighted by Gasteiger charge is -2.25. The molecule has 0 aliphatic heterocycles. The Labute approximate surface area is 110 Å². The molecule has 4 N–H and O–H groups in total. The van der Waals surface area contributed by atoms with Crippen LogP contribution in [-0.4, -0.2) is 48.5 Å². The summed E-state index contributed by atoms with van der Waals surface area (Å²) in [5, 5.41) is 26.9. The fourth-order valence-corrected chi connectivity index (χ4v) is 2.73. The van der Waals surface area contributed by atoms with E-state index in [1.165, 1.54) is 25.1 Å². The number of rotatable bonds is 6. The highest BCUT2D eigenvalue weighted by molar-refractivity contribution is 7.89.